The summed E-state index contributed by atoms with van der Waals surface area (Å²) in [6.45, 7) is 2.34. The lowest BCUT2D eigenvalue weighted by Gasteiger charge is -2.26. The SMILES string of the molecule is CC(=O)Nc1ccc(CNC2CCC(O)CC2)cc1. The molecule has 1 fully saturated rings. The molecule has 1 saturated carbocycles. The fourth-order valence-electron chi connectivity index (χ4n) is 2.45. The Morgan fingerprint density at radius 1 is 1.21 bits per heavy atom. The number of benzene rings is 1. The number of nitrogens with one attached hydrogen (secondary N) is 2. The summed E-state index contributed by atoms with van der Waals surface area (Å²) in [4.78, 5) is 10.9. The van der Waals surface area contributed by atoms with E-state index in [4.69, 9.17) is 0 Å². The van der Waals surface area contributed by atoms with Gasteiger partial charge >= 0.3 is 0 Å². The number of hydrogen-bond donors (Lipinski definition) is 3. The van der Waals surface area contributed by atoms with E-state index in [2.05, 4.69) is 10.6 Å². The molecule has 0 atom stereocenters. The van der Waals surface area contributed by atoms with E-state index >= 15 is 0 Å². The molecule has 0 spiro atoms. The minimum absolute atomic E-state index is 0.0494. The minimum Gasteiger partial charge on any atom is -0.393 e. The predicted octanol–water partition coefficient (Wildman–Crippen LogP) is 2.04. The van der Waals surface area contributed by atoms with E-state index in [1.165, 1.54) is 12.5 Å². The molecule has 104 valence electrons. The quantitative estimate of drug-likeness (QED) is 0.778. The number of hydrogen-bond acceptors (Lipinski definition) is 3. The van der Waals surface area contributed by atoms with Crippen molar-refractivity contribution in [3.63, 3.8) is 0 Å². The van der Waals surface area contributed by atoms with Crippen LogP contribution in [0, 0.1) is 0 Å². The molecule has 0 unspecified atom stereocenters. The summed E-state index contributed by atoms with van der Waals surface area (Å²) in [5, 5.41) is 15.7. The largest absolute Gasteiger partial charge is 0.393 e. The normalized spacial score (nSPS) is 23.1. The molecule has 1 aliphatic rings. The number of aliphatic hydroxyl groups is 1. The topological polar surface area (TPSA) is 61.4 Å². The molecule has 1 aromatic carbocycles. The summed E-state index contributed by atoms with van der Waals surface area (Å²) in [5.41, 5.74) is 2.04. The average molecular weight is 262 g/mol. The van der Waals surface area contributed by atoms with Crippen molar-refractivity contribution in [3.05, 3.63) is 29.8 Å². The fourth-order valence-corrected chi connectivity index (χ4v) is 2.45. The third-order valence-electron chi connectivity index (χ3n) is 3.57. The lowest BCUT2D eigenvalue weighted by Crippen LogP contribution is -2.34. The molecule has 2 rings (SSSR count). The second kappa shape index (κ2) is 6.68. The Balaban J connectivity index is 1.78. The van der Waals surface area contributed by atoms with Gasteiger partial charge in [-0.25, -0.2) is 0 Å². The molecule has 3 N–H and O–H groups in total. The molecule has 1 amide bonds. The molecule has 0 bridgehead atoms. The van der Waals surface area contributed by atoms with Crippen LogP contribution in [0.25, 0.3) is 0 Å². The van der Waals surface area contributed by atoms with Gasteiger partial charge in [-0.15, -0.1) is 0 Å². The molecule has 0 saturated heterocycles. The van der Waals surface area contributed by atoms with E-state index < -0.39 is 0 Å². The number of aliphatic hydroxyl groups excluding tert-OH is 1. The summed E-state index contributed by atoms with van der Waals surface area (Å²) in [7, 11) is 0. The Morgan fingerprint density at radius 3 is 2.42 bits per heavy atom. The van der Waals surface area contributed by atoms with Gasteiger partial charge in [0, 0.05) is 25.2 Å². The third-order valence-corrected chi connectivity index (χ3v) is 3.57. The number of amides is 1. The van der Waals surface area contributed by atoms with Crippen LogP contribution in [-0.2, 0) is 11.3 Å². The number of carbonyl (C=O) groups excluding carboxylic acids is 1. The first-order valence-electron chi connectivity index (χ1n) is 6.91. The summed E-state index contributed by atoms with van der Waals surface area (Å²) >= 11 is 0. The van der Waals surface area contributed by atoms with Crippen molar-refractivity contribution in [2.45, 2.75) is 51.3 Å². The molecule has 0 heterocycles. The monoisotopic (exact) mass is 262 g/mol. The van der Waals surface area contributed by atoms with Crippen molar-refractivity contribution in [3.8, 4) is 0 Å². The molecular weight excluding hydrogens is 240 g/mol. The van der Waals surface area contributed by atoms with Gasteiger partial charge in [-0.05, 0) is 43.4 Å². The van der Waals surface area contributed by atoms with Crippen LogP contribution in [0.2, 0.25) is 0 Å². The van der Waals surface area contributed by atoms with Crippen LogP contribution in [0.4, 0.5) is 5.69 Å². The summed E-state index contributed by atoms with van der Waals surface area (Å²) < 4.78 is 0. The zero-order valence-corrected chi connectivity index (χ0v) is 11.4. The van der Waals surface area contributed by atoms with Gasteiger partial charge in [0.25, 0.3) is 0 Å². The van der Waals surface area contributed by atoms with Gasteiger partial charge in [-0.3, -0.25) is 4.79 Å². The predicted molar refractivity (Wildman–Crippen MR) is 75.8 cm³/mol. The molecule has 4 heteroatoms. The number of rotatable bonds is 4. The van der Waals surface area contributed by atoms with E-state index in [0.29, 0.717) is 6.04 Å². The van der Waals surface area contributed by atoms with E-state index in [1.807, 2.05) is 24.3 Å². The first kappa shape index (κ1) is 14.0. The van der Waals surface area contributed by atoms with Crippen LogP contribution in [0.1, 0.15) is 38.2 Å². The molecule has 1 aliphatic carbocycles. The average Bonchev–Trinajstić information content (AvgIpc) is 2.39. The van der Waals surface area contributed by atoms with Gasteiger partial charge < -0.3 is 15.7 Å². The highest BCUT2D eigenvalue weighted by Gasteiger charge is 2.18. The molecule has 0 aromatic heterocycles. The van der Waals surface area contributed by atoms with E-state index in [9.17, 15) is 9.90 Å². The van der Waals surface area contributed by atoms with Gasteiger partial charge in [-0.2, -0.15) is 0 Å². The van der Waals surface area contributed by atoms with Crippen LogP contribution < -0.4 is 10.6 Å². The Labute approximate surface area is 114 Å². The lowest BCUT2D eigenvalue weighted by atomic mass is 9.93. The standard InChI is InChI=1S/C15H22N2O2/c1-11(18)17-14-4-2-12(3-5-14)10-16-13-6-8-15(19)9-7-13/h2-5,13,15-16,19H,6-10H2,1H3,(H,17,18). The smallest absolute Gasteiger partial charge is 0.221 e. The second-order valence-electron chi connectivity index (χ2n) is 5.26. The van der Waals surface area contributed by atoms with Crippen LogP contribution in [0.5, 0.6) is 0 Å². The number of carbonyl (C=O) groups is 1. The van der Waals surface area contributed by atoms with Gasteiger partial charge in [-0.1, -0.05) is 12.1 Å². The van der Waals surface area contributed by atoms with Gasteiger partial charge in [0.15, 0.2) is 0 Å². The van der Waals surface area contributed by atoms with Crippen LogP contribution in [0.15, 0.2) is 24.3 Å². The van der Waals surface area contributed by atoms with Crippen molar-refractivity contribution >= 4 is 11.6 Å². The first-order valence-corrected chi connectivity index (χ1v) is 6.91. The number of anilines is 1. The maximum atomic E-state index is 10.9. The molecule has 19 heavy (non-hydrogen) atoms. The van der Waals surface area contributed by atoms with Gasteiger partial charge in [0.05, 0.1) is 6.10 Å². The molecule has 0 aliphatic heterocycles. The molecule has 4 nitrogen and oxygen atoms in total. The highest BCUT2D eigenvalue weighted by atomic mass is 16.3. The van der Waals surface area contributed by atoms with Crippen LogP contribution in [0.3, 0.4) is 0 Å². The van der Waals surface area contributed by atoms with Crippen molar-refractivity contribution in [1.29, 1.82) is 0 Å². The zero-order chi connectivity index (χ0) is 13.7. The molecular formula is C15H22N2O2. The van der Waals surface area contributed by atoms with E-state index in [-0.39, 0.29) is 12.0 Å². The van der Waals surface area contributed by atoms with Crippen LogP contribution in [-0.4, -0.2) is 23.2 Å². The third kappa shape index (κ3) is 4.65. The van der Waals surface area contributed by atoms with Crippen molar-refractivity contribution in [2.24, 2.45) is 0 Å². The second-order valence-corrected chi connectivity index (χ2v) is 5.26. The summed E-state index contributed by atoms with van der Waals surface area (Å²) in [6, 6.07) is 8.40. The fraction of sp³-hybridized carbons (Fsp3) is 0.533. The van der Waals surface area contributed by atoms with E-state index in [1.54, 1.807) is 0 Å². The van der Waals surface area contributed by atoms with Crippen molar-refractivity contribution in [2.75, 3.05) is 5.32 Å². The van der Waals surface area contributed by atoms with Crippen LogP contribution >= 0.6 is 0 Å². The Kier molecular flexibility index (Phi) is 4.93. The zero-order valence-electron chi connectivity index (χ0n) is 11.4. The van der Waals surface area contributed by atoms with Crippen molar-refractivity contribution in [1.82, 2.24) is 5.32 Å². The molecule has 0 radical (unpaired) electrons. The lowest BCUT2D eigenvalue weighted by molar-refractivity contribution is -0.114. The minimum atomic E-state index is -0.102. The Bertz CT molecular complexity index is 409. The highest BCUT2D eigenvalue weighted by molar-refractivity contribution is 5.88. The maximum Gasteiger partial charge on any atom is 0.221 e. The van der Waals surface area contributed by atoms with Gasteiger partial charge in [0.2, 0.25) is 5.91 Å². The Hall–Kier alpha value is -1.39. The summed E-state index contributed by atoms with van der Waals surface area (Å²) in [6.07, 6.45) is 3.80. The first-order chi connectivity index (χ1) is 9.13. The van der Waals surface area contributed by atoms with Crippen molar-refractivity contribution < 1.29 is 9.90 Å². The van der Waals surface area contributed by atoms with E-state index in [0.717, 1.165) is 37.9 Å². The summed E-state index contributed by atoms with van der Waals surface area (Å²) in [5.74, 6) is -0.0494. The highest BCUT2D eigenvalue weighted by Crippen LogP contribution is 2.19. The molecule has 1 aromatic rings. The Morgan fingerprint density at radius 2 is 1.84 bits per heavy atom. The maximum absolute atomic E-state index is 10.9. The van der Waals surface area contributed by atoms with Gasteiger partial charge in [0.1, 0.15) is 0 Å².